The van der Waals surface area contributed by atoms with Crippen LogP contribution in [0.3, 0.4) is 0 Å². The van der Waals surface area contributed by atoms with Gasteiger partial charge in [0.2, 0.25) is 0 Å². The van der Waals surface area contributed by atoms with E-state index in [1.54, 1.807) is 6.20 Å². The van der Waals surface area contributed by atoms with Gasteiger partial charge >= 0.3 is 0 Å². The highest BCUT2D eigenvalue weighted by atomic mass is 15.3. The van der Waals surface area contributed by atoms with Crippen molar-refractivity contribution >= 4 is 5.82 Å². The van der Waals surface area contributed by atoms with Gasteiger partial charge in [0.05, 0.1) is 6.20 Å². The van der Waals surface area contributed by atoms with Crippen LogP contribution in [0.4, 0.5) is 5.82 Å². The van der Waals surface area contributed by atoms with Gasteiger partial charge in [-0.15, -0.1) is 5.10 Å². The molecule has 12 heavy (non-hydrogen) atoms. The van der Waals surface area contributed by atoms with Crippen LogP contribution in [0.2, 0.25) is 0 Å². The maximum atomic E-state index is 3.82. The van der Waals surface area contributed by atoms with Crippen molar-refractivity contribution in [2.45, 2.75) is 32.6 Å². The second-order valence-electron chi connectivity index (χ2n) is 2.85. The second kappa shape index (κ2) is 5.57. The fourth-order valence-corrected chi connectivity index (χ4v) is 1.06. The zero-order chi connectivity index (χ0) is 8.65. The molecule has 0 aliphatic heterocycles. The Morgan fingerprint density at radius 3 is 3.00 bits per heavy atom. The fraction of sp³-hybridized carbons (Fsp3) is 0.750. The van der Waals surface area contributed by atoms with Crippen molar-refractivity contribution in [3.8, 4) is 0 Å². The van der Waals surface area contributed by atoms with Crippen molar-refractivity contribution in [1.82, 2.24) is 15.4 Å². The lowest BCUT2D eigenvalue weighted by molar-refractivity contribution is 0.684. The molecule has 0 unspecified atom stereocenters. The lowest BCUT2D eigenvalue weighted by Crippen LogP contribution is -2.01. The number of aromatic amines is 1. The molecule has 0 saturated carbocycles. The first kappa shape index (κ1) is 9.03. The summed E-state index contributed by atoms with van der Waals surface area (Å²) in [7, 11) is 0. The van der Waals surface area contributed by atoms with Gasteiger partial charge in [0, 0.05) is 6.54 Å². The second-order valence-corrected chi connectivity index (χ2v) is 2.85. The fourth-order valence-electron chi connectivity index (χ4n) is 1.06. The third-order valence-electron chi connectivity index (χ3n) is 1.75. The number of nitrogens with zero attached hydrogens (tertiary/aromatic N) is 2. The van der Waals surface area contributed by atoms with Crippen LogP contribution in [0.25, 0.3) is 0 Å². The van der Waals surface area contributed by atoms with E-state index in [9.17, 15) is 0 Å². The maximum absolute atomic E-state index is 3.82. The summed E-state index contributed by atoms with van der Waals surface area (Å²) >= 11 is 0. The summed E-state index contributed by atoms with van der Waals surface area (Å²) < 4.78 is 0. The van der Waals surface area contributed by atoms with Crippen LogP contribution < -0.4 is 5.32 Å². The Hall–Kier alpha value is -1.06. The number of anilines is 1. The average Bonchev–Trinajstić information content (AvgIpc) is 2.57. The van der Waals surface area contributed by atoms with Gasteiger partial charge in [0.25, 0.3) is 0 Å². The molecule has 0 amide bonds. The van der Waals surface area contributed by atoms with E-state index >= 15 is 0 Å². The van der Waals surface area contributed by atoms with E-state index in [2.05, 4.69) is 27.7 Å². The standard InChI is InChI=1S/C8H16N4/c1-2-3-4-5-6-9-8-7-10-12-11-8/h7H,2-6H2,1H3,(H2,9,10,11,12). The molecule has 4 heteroatoms. The van der Waals surface area contributed by atoms with Gasteiger partial charge in [0.1, 0.15) is 0 Å². The Labute approximate surface area is 72.8 Å². The van der Waals surface area contributed by atoms with E-state index in [1.807, 2.05) is 0 Å². The summed E-state index contributed by atoms with van der Waals surface area (Å²) in [5.74, 6) is 0.839. The van der Waals surface area contributed by atoms with Crippen LogP contribution in [-0.4, -0.2) is 22.0 Å². The Kier molecular flexibility index (Phi) is 4.19. The third-order valence-corrected chi connectivity index (χ3v) is 1.75. The molecule has 68 valence electrons. The quantitative estimate of drug-likeness (QED) is 0.637. The largest absolute Gasteiger partial charge is 0.367 e. The van der Waals surface area contributed by atoms with Crippen LogP contribution in [0.15, 0.2) is 6.20 Å². The number of nitrogens with one attached hydrogen (secondary N) is 2. The molecule has 0 aliphatic rings. The van der Waals surface area contributed by atoms with Crippen molar-refractivity contribution < 1.29 is 0 Å². The third kappa shape index (κ3) is 3.37. The molecule has 0 atom stereocenters. The molecule has 1 rings (SSSR count). The molecule has 1 aromatic heterocycles. The molecule has 0 radical (unpaired) electrons. The van der Waals surface area contributed by atoms with Gasteiger partial charge in [-0.2, -0.15) is 0 Å². The summed E-state index contributed by atoms with van der Waals surface area (Å²) in [6.07, 6.45) is 6.87. The number of hydrogen-bond donors (Lipinski definition) is 2. The zero-order valence-corrected chi connectivity index (χ0v) is 7.51. The lowest BCUT2D eigenvalue weighted by atomic mass is 10.2. The maximum Gasteiger partial charge on any atom is 0.168 e. The van der Waals surface area contributed by atoms with E-state index in [1.165, 1.54) is 25.7 Å². The number of H-pyrrole nitrogens is 1. The van der Waals surface area contributed by atoms with E-state index < -0.39 is 0 Å². The molecule has 1 aromatic rings. The SMILES string of the molecule is CCCCCCNc1c[nH]nn1. The Balaban J connectivity index is 1.96. The Bertz CT molecular complexity index is 183. The van der Waals surface area contributed by atoms with Crippen molar-refractivity contribution in [2.24, 2.45) is 0 Å². The molecule has 0 fully saturated rings. The van der Waals surface area contributed by atoms with Gasteiger partial charge in [0.15, 0.2) is 5.82 Å². The monoisotopic (exact) mass is 168 g/mol. The van der Waals surface area contributed by atoms with Crippen molar-refractivity contribution in [1.29, 1.82) is 0 Å². The molecule has 0 bridgehead atoms. The van der Waals surface area contributed by atoms with Gasteiger partial charge < -0.3 is 5.32 Å². The minimum atomic E-state index is 0.839. The summed E-state index contributed by atoms with van der Waals surface area (Å²) in [4.78, 5) is 0. The van der Waals surface area contributed by atoms with Gasteiger partial charge in [-0.3, -0.25) is 5.10 Å². The zero-order valence-electron chi connectivity index (χ0n) is 7.51. The summed E-state index contributed by atoms with van der Waals surface area (Å²) in [6, 6.07) is 0. The first-order chi connectivity index (χ1) is 5.93. The van der Waals surface area contributed by atoms with E-state index in [0.29, 0.717) is 0 Å². The number of unbranched alkanes of at least 4 members (excludes halogenated alkanes) is 3. The van der Waals surface area contributed by atoms with Gasteiger partial charge in [-0.1, -0.05) is 31.4 Å². The lowest BCUT2D eigenvalue weighted by Gasteiger charge is -2.00. The molecule has 0 aromatic carbocycles. The van der Waals surface area contributed by atoms with Crippen LogP contribution >= 0.6 is 0 Å². The van der Waals surface area contributed by atoms with Crippen LogP contribution in [0.1, 0.15) is 32.6 Å². The van der Waals surface area contributed by atoms with E-state index in [0.717, 1.165) is 12.4 Å². The highest BCUT2D eigenvalue weighted by Gasteiger charge is 1.92. The molecule has 0 spiro atoms. The summed E-state index contributed by atoms with van der Waals surface area (Å²) in [5, 5.41) is 13.3. The first-order valence-electron chi connectivity index (χ1n) is 4.54. The molecule has 0 saturated heterocycles. The Morgan fingerprint density at radius 1 is 1.42 bits per heavy atom. The first-order valence-corrected chi connectivity index (χ1v) is 4.54. The molecular weight excluding hydrogens is 152 g/mol. The molecular formula is C8H16N4. The number of aromatic nitrogens is 3. The summed E-state index contributed by atoms with van der Waals surface area (Å²) in [6.45, 7) is 3.21. The smallest absolute Gasteiger partial charge is 0.168 e. The highest BCUT2D eigenvalue weighted by Crippen LogP contribution is 2.00. The van der Waals surface area contributed by atoms with E-state index in [-0.39, 0.29) is 0 Å². The molecule has 4 nitrogen and oxygen atoms in total. The minimum Gasteiger partial charge on any atom is -0.367 e. The average molecular weight is 168 g/mol. The topological polar surface area (TPSA) is 53.6 Å². The summed E-state index contributed by atoms with van der Waals surface area (Å²) in [5.41, 5.74) is 0. The molecule has 0 aliphatic carbocycles. The van der Waals surface area contributed by atoms with Crippen LogP contribution in [-0.2, 0) is 0 Å². The number of hydrogen-bond acceptors (Lipinski definition) is 3. The normalized spacial score (nSPS) is 10.1. The van der Waals surface area contributed by atoms with Gasteiger partial charge in [-0.05, 0) is 6.42 Å². The van der Waals surface area contributed by atoms with Crippen molar-refractivity contribution in [3.63, 3.8) is 0 Å². The number of rotatable bonds is 6. The Morgan fingerprint density at radius 2 is 2.33 bits per heavy atom. The highest BCUT2D eigenvalue weighted by molar-refractivity contribution is 5.27. The van der Waals surface area contributed by atoms with Crippen molar-refractivity contribution in [3.05, 3.63) is 6.20 Å². The van der Waals surface area contributed by atoms with Gasteiger partial charge in [-0.25, -0.2) is 0 Å². The van der Waals surface area contributed by atoms with Crippen LogP contribution in [0, 0.1) is 0 Å². The van der Waals surface area contributed by atoms with Crippen molar-refractivity contribution in [2.75, 3.05) is 11.9 Å². The predicted octanol–water partition coefficient (Wildman–Crippen LogP) is 1.80. The minimum absolute atomic E-state index is 0.839. The molecule has 1 heterocycles. The van der Waals surface area contributed by atoms with Crippen LogP contribution in [0.5, 0.6) is 0 Å². The van der Waals surface area contributed by atoms with E-state index in [4.69, 9.17) is 0 Å². The predicted molar refractivity (Wildman–Crippen MR) is 49.0 cm³/mol. The molecule has 2 N–H and O–H groups in total.